The zero-order chi connectivity index (χ0) is 15.4. The van der Waals surface area contributed by atoms with Gasteiger partial charge in [0.25, 0.3) is 0 Å². The van der Waals surface area contributed by atoms with Gasteiger partial charge in [0, 0.05) is 29.2 Å². The molecule has 1 aromatic carbocycles. The summed E-state index contributed by atoms with van der Waals surface area (Å²) < 4.78 is 0. The largest absolute Gasteiger partial charge is 0.348 e. The van der Waals surface area contributed by atoms with Crippen LogP contribution in [0.1, 0.15) is 11.3 Å². The molecule has 6 heteroatoms. The third kappa shape index (κ3) is 3.32. The van der Waals surface area contributed by atoms with E-state index < -0.39 is 0 Å². The number of hydrogen-bond acceptors (Lipinski definition) is 3. The lowest BCUT2D eigenvalue weighted by atomic mass is 10.2. The molecule has 5 nitrogen and oxygen atoms in total. The fraction of sp³-hybridized carbons (Fsp3) is 0.0625. The summed E-state index contributed by atoms with van der Waals surface area (Å²) in [7, 11) is 0. The number of nitrogens with zero attached hydrogens (tertiary/aromatic N) is 2. The maximum atomic E-state index is 11.8. The first kappa shape index (κ1) is 14.3. The monoisotopic (exact) mass is 312 g/mol. The van der Waals surface area contributed by atoms with E-state index >= 15 is 0 Å². The molecule has 0 saturated carbocycles. The van der Waals surface area contributed by atoms with Crippen LogP contribution >= 0.6 is 11.6 Å². The van der Waals surface area contributed by atoms with Gasteiger partial charge in [-0.2, -0.15) is 5.10 Å². The van der Waals surface area contributed by atoms with Gasteiger partial charge in [0.1, 0.15) is 0 Å². The number of aromatic nitrogens is 3. The Labute approximate surface area is 132 Å². The topological polar surface area (TPSA) is 70.7 Å². The van der Waals surface area contributed by atoms with Crippen molar-refractivity contribution in [2.24, 2.45) is 0 Å². The number of amides is 1. The number of hydrogen-bond donors (Lipinski definition) is 2. The Bertz CT molecular complexity index is 841. The van der Waals surface area contributed by atoms with E-state index in [9.17, 15) is 4.79 Å². The van der Waals surface area contributed by atoms with Gasteiger partial charge >= 0.3 is 0 Å². The summed E-state index contributed by atoms with van der Waals surface area (Å²) in [5, 5.41) is 11.3. The molecule has 3 aromatic rings. The summed E-state index contributed by atoms with van der Waals surface area (Å²) in [6.45, 7) is 0.423. The number of H-pyrrole nitrogens is 1. The number of benzene rings is 1. The number of pyridine rings is 1. The SMILES string of the molecule is O=C(C=Cc1n[nH]c2ncccc12)NCc1cccc(Cl)c1. The summed E-state index contributed by atoms with van der Waals surface area (Å²) in [5.74, 6) is -0.194. The van der Waals surface area contributed by atoms with Crippen LogP contribution in [0, 0.1) is 0 Å². The first-order valence-electron chi connectivity index (χ1n) is 6.72. The molecule has 0 atom stereocenters. The van der Waals surface area contributed by atoms with Crippen LogP contribution in [-0.2, 0) is 11.3 Å². The molecule has 1 amide bonds. The zero-order valence-electron chi connectivity index (χ0n) is 11.6. The van der Waals surface area contributed by atoms with Crippen molar-refractivity contribution in [1.82, 2.24) is 20.5 Å². The van der Waals surface area contributed by atoms with Gasteiger partial charge in [-0.1, -0.05) is 23.7 Å². The molecular weight excluding hydrogens is 300 g/mol. The molecule has 2 heterocycles. The molecule has 0 aliphatic heterocycles. The molecule has 0 radical (unpaired) electrons. The number of fused-ring (bicyclic) bond motifs is 1. The molecule has 0 unspecified atom stereocenters. The lowest BCUT2D eigenvalue weighted by Crippen LogP contribution is -2.20. The molecule has 110 valence electrons. The van der Waals surface area contributed by atoms with Gasteiger partial charge < -0.3 is 5.32 Å². The van der Waals surface area contributed by atoms with Crippen LogP contribution in [0.2, 0.25) is 5.02 Å². The van der Waals surface area contributed by atoms with Crippen molar-refractivity contribution in [3.63, 3.8) is 0 Å². The Hall–Kier alpha value is -2.66. The summed E-state index contributed by atoms with van der Waals surface area (Å²) in [5.41, 5.74) is 2.33. The van der Waals surface area contributed by atoms with E-state index in [1.54, 1.807) is 18.3 Å². The fourth-order valence-electron chi connectivity index (χ4n) is 2.05. The molecule has 0 bridgehead atoms. The third-order valence-corrected chi connectivity index (χ3v) is 3.35. The molecule has 0 aliphatic carbocycles. The van der Waals surface area contributed by atoms with E-state index in [1.807, 2.05) is 30.3 Å². The average Bonchev–Trinajstić information content (AvgIpc) is 2.94. The Kier molecular flexibility index (Phi) is 4.16. The van der Waals surface area contributed by atoms with Crippen molar-refractivity contribution in [1.29, 1.82) is 0 Å². The van der Waals surface area contributed by atoms with Crippen molar-refractivity contribution < 1.29 is 4.79 Å². The van der Waals surface area contributed by atoms with E-state index in [0.717, 1.165) is 10.9 Å². The molecule has 0 fully saturated rings. The van der Waals surface area contributed by atoms with E-state index in [-0.39, 0.29) is 5.91 Å². The Balaban J connectivity index is 1.64. The van der Waals surface area contributed by atoms with Gasteiger partial charge in [0.2, 0.25) is 5.91 Å². The molecule has 2 aromatic heterocycles. The number of carbonyl (C=O) groups is 1. The minimum atomic E-state index is -0.194. The highest BCUT2D eigenvalue weighted by Gasteiger charge is 2.03. The van der Waals surface area contributed by atoms with Crippen LogP contribution in [0.15, 0.2) is 48.7 Å². The normalized spacial score (nSPS) is 11.1. The summed E-state index contributed by atoms with van der Waals surface area (Å²) in [6.07, 6.45) is 4.80. The van der Waals surface area contributed by atoms with Crippen LogP contribution in [0.25, 0.3) is 17.1 Å². The predicted octanol–water partition coefficient (Wildman–Crippen LogP) is 2.94. The zero-order valence-corrected chi connectivity index (χ0v) is 12.3. The van der Waals surface area contributed by atoms with Crippen molar-refractivity contribution in [2.45, 2.75) is 6.54 Å². The summed E-state index contributed by atoms with van der Waals surface area (Å²) in [4.78, 5) is 16.0. The average molecular weight is 313 g/mol. The Morgan fingerprint density at radius 1 is 1.32 bits per heavy atom. The number of carbonyl (C=O) groups excluding carboxylic acids is 1. The van der Waals surface area contributed by atoms with E-state index in [0.29, 0.717) is 22.9 Å². The minimum Gasteiger partial charge on any atom is -0.348 e. The molecular formula is C16H13ClN4O. The number of aromatic amines is 1. The minimum absolute atomic E-state index is 0.194. The highest BCUT2D eigenvalue weighted by Crippen LogP contribution is 2.14. The lowest BCUT2D eigenvalue weighted by Gasteiger charge is -2.02. The standard InChI is InChI=1S/C16H13ClN4O/c17-12-4-1-3-11(9-12)10-19-15(22)7-6-14-13-5-2-8-18-16(13)21-20-14/h1-9H,10H2,(H,19,22)(H,18,20,21). The van der Waals surface area contributed by atoms with Crippen LogP contribution in [0.5, 0.6) is 0 Å². The van der Waals surface area contributed by atoms with E-state index in [2.05, 4.69) is 20.5 Å². The molecule has 22 heavy (non-hydrogen) atoms. The quantitative estimate of drug-likeness (QED) is 0.728. The molecule has 2 N–H and O–H groups in total. The third-order valence-electron chi connectivity index (χ3n) is 3.11. The summed E-state index contributed by atoms with van der Waals surface area (Å²) in [6, 6.07) is 11.1. The van der Waals surface area contributed by atoms with Gasteiger partial charge in [-0.05, 0) is 35.9 Å². The van der Waals surface area contributed by atoms with Gasteiger partial charge in [0.05, 0.1) is 5.69 Å². The molecule has 0 aliphatic rings. The van der Waals surface area contributed by atoms with Crippen molar-refractivity contribution in [3.8, 4) is 0 Å². The Morgan fingerprint density at radius 3 is 3.09 bits per heavy atom. The van der Waals surface area contributed by atoms with Gasteiger partial charge in [0.15, 0.2) is 5.65 Å². The fourth-order valence-corrected chi connectivity index (χ4v) is 2.26. The van der Waals surface area contributed by atoms with Crippen LogP contribution in [-0.4, -0.2) is 21.1 Å². The molecule has 3 rings (SSSR count). The number of rotatable bonds is 4. The smallest absolute Gasteiger partial charge is 0.244 e. The number of halogens is 1. The van der Waals surface area contributed by atoms with Gasteiger partial charge in [-0.3, -0.25) is 9.89 Å². The highest BCUT2D eigenvalue weighted by atomic mass is 35.5. The van der Waals surface area contributed by atoms with E-state index in [4.69, 9.17) is 11.6 Å². The Morgan fingerprint density at radius 2 is 2.23 bits per heavy atom. The second-order valence-corrected chi connectivity index (χ2v) is 5.13. The first-order chi connectivity index (χ1) is 10.7. The van der Waals surface area contributed by atoms with Crippen LogP contribution in [0.3, 0.4) is 0 Å². The van der Waals surface area contributed by atoms with Crippen LogP contribution in [0.4, 0.5) is 0 Å². The number of nitrogens with one attached hydrogen (secondary N) is 2. The summed E-state index contributed by atoms with van der Waals surface area (Å²) >= 11 is 5.90. The first-order valence-corrected chi connectivity index (χ1v) is 7.09. The van der Waals surface area contributed by atoms with E-state index in [1.165, 1.54) is 6.08 Å². The van der Waals surface area contributed by atoms with Gasteiger partial charge in [-0.25, -0.2) is 4.98 Å². The van der Waals surface area contributed by atoms with Gasteiger partial charge in [-0.15, -0.1) is 0 Å². The second-order valence-electron chi connectivity index (χ2n) is 4.69. The molecule has 0 spiro atoms. The van der Waals surface area contributed by atoms with Crippen molar-refractivity contribution in [2.75, 3.05) is 0 Å². The predicted molar refractivity (Wildman–Crippen MR) is 86.2 cm³/mol. The maximum Gasteiger partial charge on any atom is 0.244 e. The highest BCUT2D eigenvalue weighted by molar-refractivity contribution is 6.30. The lowest BCUT2D eigenvalue weighted by molar-refractivity contribution is -0.116. The van der Waals surface area contributed by atoms with Crippen molar-refractivity contribution >= 4 is 34.6 Å². The second kappa shape index (κ2) is 6.41. The maximum absolute atomic E-state index is 11.8. The van der Waals surface area contributed by atoms with Crippen molar-refractivity contribution in [3.05, 3.63) is 65.0 Å². The van der Waals surface area contributed by atoms with Crippen LogP contribution < -0.4 is 5.32 Å². The molecule has 0 saturated heterocycles.